The standard InChI is InChI=1S/C17H12N2/c1-2-6-13(7-3-1)17-15-12-14-8-4-5-11-19(14)16(15)9-10-18-17/h1-12H. The quantitative estimate of drug-likeness (QED) is 0.491. The molecule has 0 aliphatic rings. The molecule has 0 saturated heterocycles. The van der Waals surface area contributed by atoms with E-state index < -0.39 is 0 Å². The van der Waals surface area contributed by atoms with Gasteiger partial charge in [0.25, 0.3) is 0 Å². The van der Waals surface area contributed by atoms with Crippen molar-refractivity contribution in [2.45, 2.75) is 0 Å². The van der Waals surface area contributed by atoms with E-state index in [0.717, 1.165) is 11.3 Å². The van der Waals surface area contributed by atoms with E-state index in [-0.39, 0.29) is 0 Å². The minimum absolute atomic E-state index is 1.04. The first-order chi connectivity index (χ1) is 9.43. The van der Waals surface area contributed by atoms with Gasteiger partial charge in [-0.15, -0.1) is 0 Å². The van der Waals surface area contributed by atoms with Crippen LogP contribution in [-0.4, -0.2) is 9.38 Å². The lowest BCUT2D eigenvalue weighted by molar-refractivity contribution is 1.24. The fraction of sp³-hybridized carbons (Fsp3) is 0. The molecule has 4 aromatic rings. The number of pyridine rings is 2. The molecule has 0 N–H and O–H groups in total. The van der Waals surface area contributed by atoms with Crippen LogP contribution in [0.3, 0.4) is 0 Å². The molecule has 19 heavy (non-hydrogen) atoms. The van der Waals surface area contributed by atoms with E-state index in [1.807, 2.05) is 24.4 Å². The van der Waals surface area contributed by atoms with Gasteiger partial charge in [-0.1, -0.05) is 36.4 Å². The predicted octanol–water partition coefficient (Wildman–Crippen LogP) is 4.15. The number of benzene rings is 1. The SMILES string of the molecule is c1ccc(-c2nccc3c2cc2ccccn23)cc1. The largest absolute Gasteiger partial charge is 0.316 e. The highest BCUT2D eigenvalue weighted by Gasteiger charge is 2.08. The van der Waals surface area contributed by atoms with E-state index >= 15 is 0 Å². The molecule has 0 radical (unpaired) electrons. The van der Waals surface area contributed by atoms with Crippen molar-refractivity contribution in [3.8, 4) is 11.3 Å². The van der Waals surface area contributed by atoms with Crippen molar-refractivity contribution in [3.05, 3.63) is 73.1 Å². The molecule has 0 spiro atoms. The van der Waals surface area contributed by atoms with E-state index in [2.05, 4.69) is 58.0 Å². The topological polar surface area (TPSA) is 17.3 Å². The lowest BCUT2D eigenvalue weighted by Gasteiger charge is -2.02. The molecule has 4 rings (SSSR count). The Morgan fingerprint density at radius 1 is 0.842 bits per heavy atom. The first kappa shape index (κ1) is 10.3. The molecule has 1 aromatic carbocycles. The van der Waals surface area contributed by atoms with Crippen LogP contribution in [0.15, 0.2) is 73.1 Å². The van der Waals surface area contributed by atoms with Crippen molar-refractivity contribution in [1.82, 2.24) is 9.38 Å². The van der Waals surface area contributed by atoms with Crippen LogP contribution in [0.2, 0.25) is 0 Å². The van der Waals surface area contributed by atoms with Gasteiger partial charge in [0.2, 0.25) is 0 Å². The van der Waals surface area contributed by atoms with Crippen molar-refractivity contribution in [1.29, 1.82) is 0 Å². The zero-order valence-corrected chi connectivity index (χ0v) is 10.3. The van der Waals surface area contributed by atoms with Crippen LogP contribution in [0.25, 0.3) is 27.7 Å². The van der Waals surface area contributed by atoms with Gasteiger partial charge in [0.15, 0.2) is 0 Å². The minimum atomic E-state index is 1.04. The summed E-state index contributed by atoms with van der Waals surface area (Å²) in [7, 11) is 0. The molecule has 0 amide bonds. The van der Waals surface area contributed by atoms with Crippen LogP contribution in [0.1, 0.15) is 0 Å². The van der Waals surface area contributed by atoms with E-state index in [9.17, 15) is 0 Å². The van der Waals surface area contributed by atoms with Crippen molar-refractivity contribution in [2.24, 2.45) is 0 Å². The molecule has 0 saturated carbocycles. The Morgan fingerprint density at radius 2 is 1.68 bits per heavy atom. The summed E-state index contributed by atoms with van der Waals surface area (Å²) < 4.78 is 2.20. The van der Waals surface area contributed by atoms with Crippen LogP contribution in [-0.2, 0) is 0 Å². The van der Waals surface area contributed by atoms with Crippen LogP contribution in [0.5, 0.6) is 0 Å². The Labute approximate surface area is 111 Å². The Bertz CT molecular complexity index is 860. The Balaban J connectivity index is 2.13. The molecule has 0 unspecified atom stereocenters. The van der Waals surface area contributed by atoms with Crippen LogP contribution < -0.4 is 0 Å². The van der Waals surface area contributed by atoms with Gasteiger partial charge in [-0.05, 0) is 24.3 Å². The van der Waals surface area contributed by atoms with Gasteiger partial charge in [-0.25, -0.2) is 0 Å². The highest BCUT2D eigenvalue weighted by molar-refractivity contribution is 5.97. The number of nitrogens with zero attached hydrogens (tertiary/aromatic N) is 2. The summed E-state index contributed by atoms with van der Waals surface area (Å²) in [6.07, 6.45) is 3.97. The van der Waals surface area contributed by atoms with E-state index in [1.54, 1.807) is 0 Å². The first-order valence-corrected chi connectivity index (χ1v) is 6.34. The summed E-state index contributed by atoms with van der Waals surface area (Å²) in [6.45, 7) is 0. The lowest BCUT2D eigenvalue weighted by atomic mass is 10.1. The molecule has 3 aromatic heterocycles. The molecular weight excluding hydrogens is 232 g/mol. The van der Waals surface area contributed by atoms with Gasteiger partial charge in [0, 0.05) is 28.9 Å². The molecule has 90 valence electrons. The third kappa shape index (κ3) is 1.54. The third-order valence-corrected chi connectivity index (χ3v) is 3.46. The average Bonchev–Trinajstić information content (AvgIpc) is 2.87. The maximum absolute atomic E-state index is 4.56. The van der Waals surface area contributed by atoms with Crippen LogP contribution in [0, 0.1) is 0 Å². The normalized spacial score (nSPS) is 11.2. The fourth-order valence-electron chi connectivity index (χ4n) is 2.58. The Kier molecular flexibility index (Phi) is 2.15. The number of hydrogen-bond donors (Lipinski definition) is 0. The molecule has 0 aliphatic heterocycles. The second kappa shape index (κ2) is 3.95. The van der Waals surface area contributed by atoms with Crippen molar-refractivity contribution >= 4 is 16.4 Å². The van der Waals surface area contributed by atoms with Gasteiger partial charge in [0.05, 0.1) is 11.2 Å². The molecule has 2 heteroatoms. The molecule has 0 aliphatic carbocycles. The van der Waals surface area contributed by atoms with Crippen molar-refractivity contribution in [3.63, 3.8) is 0 Å². The van der Waals surface area contributed by atoms with Gasteiger partial charge < -0.3 is 4.40 Å². The molecule has 3 heterocycles. The second-order valence-corrected chi connectivity index (χ2v) is 4.60. The summed E-state index contributed by atoms with van der Waals surface area (Å²) in [5, 5.41) is 1.19. The van der Waals surface area contributed by atoms with Gasteiger partial charge in [-0.2, -0.15) is 0 Å². The molecule has 0 bridgehead atoms. The molecule has 2 nitrogen and oxygen atoms in total. The average molecular weight is 244 g/mol. The van der Waals surface area contributed by atoms with E-state index in [0.29, 0.717) is 0 Å². The highest BCUT2D eigenvalue weighted by Crippen LogP contribution is 2.28. The highest BCUT2D eigenvalue weighted by atomic mass is 14.9. The molecule has 0 fully saturated rings. The van der Waals surface area contributed by atoms with Gasteiger partial charge in [0.1, 0.15) is 0 Å². The number of hydrogen-bond acceptors (Lipinski definition) is 1. The number of rotatable bonds is 1. The monoisotopic (exact) mass is 244 g/mol. The summed E-state index contributed by atoms with van der Waals surface area (Å²) in [4.78, 5) is 4.56. The maximum Gasteiger partial charge on any atom is 0.0796 e. The van der Waals surface area contributed by atoms with Gasteiger partial charge >= 0.3 is 0 Å². The fourth-order valence-corrected chi connectivity index (χ4v) is 2.58. The van der Waals surface area contributed by atoms with Crippen molar-refractivity contribution < 1.29 is 0 Å². The Morgan fingerprint density at radius 3 is 2.58 bits per heavy atom. The van der Waals surface area contributed by atoms with Crippen LogP contribution in [0.4, 0.5) is 0 Å². The summed E-state index contributed by atoms with van der Waals surface area (Å²) >= 11 is 0. The van der Waals surface area contributed by atoms with Gasteiger partial charge in [-0.3, -0.25) is 4.98 Å². The summed E-state index contributed by atoms with van der Waals surface area (Å²) in [5.74, 6) is 0. The predicted molar refractivity (Wildman–Crippen MR) is 78.1 cm³/mol. The first-order valence-electron chi connectivity index (χ1n) is 6.34. The third-order valence-electron chi connectivity index (χ3n) is 3.46. The maximum atomic E-state index is 4.56. The zero-order valence-electron chi connectivity index (χ0n) is 10.3. The minimum Gasteiger partial charge on any atom is -0.316 e. The number of aromatic nitrogens is 2. The Hall–Kier alpha value is -2.61. The van der Waals surface area contributed by atoms with Crippen molar-refractivity contribution in [2.75, 3.05) is 0 Å². The smallest absolute Gasteiger partial charge is 0.0796 e. The lowest BCUT2D eigenvalue weighted by Crippen LogP contribution is -1.85. The second-order valence-electron chi connectivity index (χ2n) is 4.60. The van der Waals surface area contributed by atoms with E-state index in [1.165, 1.54) is 16.4 Å². The zero-order chi connectivity index (χ0) is 12.7. The van der Waals surface area contributed by atoms with Crippen LogP contribution >= 0.6 is 0 Å². The summed E-state index contributed by atoms with van der Waals surface area (Å²) in [5.41, 5.74) is 4.60. The molecule has 0 atom stereocenters. The van der Waals surface area contributed by atoms with E-state index in [4.69, 9.17) is 0 Å². The summed E-state index contributed by atoms with van der Waals surface area (Å²) in [6, 6.07) is 20.8. The number of fused-ring (bicyclic) bond motifs is 3. The molecular formula is C17H12N2.